The molecule has 1 N–H and O–H groups in total. The van der Waals surface area contributed by atoms with Crippen LogP contribution in [0.4, 0.5) is 0 Å². The highest BCUT2D eigenvalue weighted by atomic mass is 14.8. The van der Waals surface area contributed by atoms with E-state index in [0.717, 1.165) is 12.5 Å². The van der Waals surface area contributed by atoms with E-state index in [-0.39, 0.29) is 1.43 Å². The van der Waals surface area contributed by atoms with Crippen LogP contribution in [-0.4, -0.2) is 13.1 Å². The summed E-state index contributed by atoms with van der Waals surface area (Å²) < 4.78 is 0. The summed E-state index contributed by atoms with van der Waals surface area (Å²) in [5.41, 5.74) is 0. The molecule has 0 atom stereocenters. The molecule has 0 saturated heterocycles. The van der Waals surface area contributed by atoms with Crippen LogP contribution in [0, 0.1) is 5.92 Å². The van der Waals surface area contributed by atoms with Crippen LogP contribution in [0.15, 0.2) is 0 Å². The molecule has 0 aliphatic rings. The van der Waals surface area contributed by atoms with E-state index in [1.807, 2.05) is 13.8 Å². The SMILES string of the molecule is CC.CCNCCCC(C)C.[HH]. The third kappa shape index (κ3) is 17.8. The number of rotatable bonds is 5. The predicted octanol–water partition coefficient (Wildman–Crippen LogP) is 3.30. The van der Waals surface area contributed by atoms with Crippen LogP contribution in [0.5, 0.6) is 0 Å². The molecular weight excluding hydrogens is 134 g/mol. The predicted molar refractivity (Wildman–Crippen MR) is 56.1 cm³/mol. The Morgan fingerprint density at radius 2 is 1.82 bits per heavy atom. The van der Waals surface area contributed by atoms with Gasteiger partial charge in [0.1, 0.15) is 0 Å². The van der Waals surface area contributed by atoms with Gasteiger partial charge in [0.15, 0.2) is 0 Å². The van der Waals surface area contributed by atoms with E-state index >= 15 is 0 Å². The first-order chi connectivity index (χ1) is 5.27. The Bertz CT molecular complexity index is 55.8. The van der Waals surface area contributed by atoms with Crippen molar-refractivity contribution < 1.29 is 1.43 Å². The van der Waals surface area contributed by atoms with E-state index in [4.69, 9.17) is 0 Å². The Morgan fingerprint density at radius 1 is 1.27 bits per heavy atom. The highest BCUT2D eigenvalue weighted by molar-refractivity contribution is 4.48. The number of nitrogens with one attached hydrogen (secondary N) is 1. The van der Waals surface area contributed by atoms with Crippen LogP contribution in [0.2, 0.25) is 0 Å². The molecule has 0 heterocycles. The molecular formula is C10H27N. The molecule has 1 heteroatoms. The van der Waals surface area contributed by atoms with Gasteiger partial charge in [-0.15, -0.1) is 0 Å². The summed E-state index contributed by atoms with van der Waals surface area (Å²) in [6.45, 7) is 13.0. The highest BCUT2D eigenvalue weighted by Crippen LogP contribution is 2.01. The molecule has 0 amide bonds. The smallest absolute Gasteiger partial charge is 0 e. The first kappa shape index (κ1) is 13.5. The molecule has 0 rings (SSSR count). The molecule has 0 saturated carbocycles. The lowest BCUT2D eigenvalue weighted by molar-refractivity contribution is 0.533. The lowest BCUT2D eigenvalue weighted by Crippen LogP contribution is -2.14. The zero-order chi connectivity index (χ0) is 9.11. The Labute approximate surface area is 74.1 Å². The normalized spacial score (nSPS) is 9.27. The van der Waals surface area contributed by atoms with Gasteiger partial charge in [-0.1, -0.05) is 34.6 Å². The fraction of sp³-hybridized carbons (Fsp3) is 1.00. The topological polar surface area (TPSA) is 12.0 Å². The quantitative estimate of drug-likeness (QED) is 0.610. The minimum atomic E-state index is 0. The first-order valence-corrected chi connectivity index (χ1v) is 4.98. The van der Waals surface area contributed by atoms with Crippen LogP contribution >= 0.6 is 0 Å². The Balaban J connectivity index is -0.000000249. The van der Waals surface area contributed by atoms with E-state index < -0.39 is 0 Å². The zero-order valence-electron chi connectivity index (χ0n) is 8.91. The van der Waals surface area contributed by atoms with E-state index in [9.17, 15) is 0 Å². The maximum Gasteiger partial charge on any atom is 0 e. The van der Waals surface area contributed by atoms with Gasteiger partial charge in [0.25, 0.3) is 0 Å². The largest absolute Gasteiger partial charge is 0.317 e. The minimum absolute atomic E-state index is 0. The maximum absolute atomic E-state index is 3.30. The molecule has 0 aromatic rings. The molecule has 0 aromatic carbocycles. The van der Waals surface area contributed by atoms with Crippen molar-refractivity contribution in [3.8, 4) is 0 Å². The molecule has 1 nitrogen and oxygen atoms in total. The Morgan fingerprint density at radius 3 is 2.18 bits per heavy atom. The molecule has 0 aromatic heterocycles. The molecule has 0 spiro atoms. The van der Waals surface area contributed by atoms with Gasteiger partial charge < -0.3 is 5.32 Å². The highest BCUT2D eigenvalue weighted by Gasteiger charge is 1.91. The van der Waals surface area contributed by atoms with E-state index in [1.54, 1.807) is 0 Å². The average Bonchev–Trinajstić information content (AvgIpc) is 2.02. The number of hydrogen-bond donors (Lipinski definition) is 1. The van der Waals surface area contributed by atoms with Crippen molar-refractivity contribution >= 4 is 0 Å². The fourth-order valence-electron chi connectivity index (χ4n) is 0.812. The van der Waals surface area contributed by atoms with E-state index in [1.165, 1.54) is 19.4 Å². The summed E-state index contributed by atoms with van der Waals surface area (Å²) in [4.78, 5) is 0. The van der Waals surface area contributed by atoms with Crippen LogP contribution in [0.1, 0.15) is 48.9 Å². The Hall–Kier alpha value is -0.0400. The van der Waals surface area contributed by atoms with Crippen molar-refractivity contribution in [1.82, 2.24) is 5.32 Å². The number of hydrogen-bond acceptors (Lipinski definition) is 1. The second-order valence-electron chi connectivity index (χ2n) is 2.89. The molecule has 0 radical (unpaired) electrons. The van der Waals surface area contributed by atoms with Gasteiger partial charge in [-0.3, -0.25) is 0 Å². The molecule has 11 heavy (non-hydrogen) atoms. The van der Waals surface area contributed by atoms with Crippen molar-refractivity contribution in [3.05, 3.63) is 0 Å². The molecule has 0 aliphatic heterocycles. The van der Waals surface area contributed by atoms with Gasteiger partial charge in [-0.2, -0.15) is 0 Å². The molecule has 0 aliphatic carbocycles. The van der Waals surface area contributed by atoms with Gasteiger partial charge in [-0.05, 0) is 31.8 Å². The van der Waals surface area contributed by atoms with Crippen molar-refractivity contribution in [2.24, 2.45) is 5.92 Å². The third-order valence-electron chi connectivity index (χ3n) is 1.39. The van der Waals surface area contributed by atoms with E-state index in [2.05, 4.69) is 26.1 Å². The second-order valence-corrected chi connectivity index (χ2v) is 2.89. The minimum Gasteiger partial charge on any atom is -0.317 e. The molecule has 0 bridgehead atoms. The molecule has 72 valence electrons. The van der Waals surface area contributed by atoms with Gasteiger partial charge in [0.05, 0.1) is 0 Å². The summed E-state index contributed by atoms with van der Waals surface area (Å²) in [6.07, 6.45) is 2.68. The summed E-state index contributed by atoms with van der Waals surface area (Å²) in [7, 11) is 0. The third-order valence-corrected chi connectivity index (χ3v) is 1.39. The van der Waals surface area contributed by atoms with E-state index in [0.29, 0.717) is 0 Å². The van der Waals surface area contributed by atoms with Crippen LogP contribution in [-0.2, 0) is 0 Å². The van der Waals surface area contributed by atoms with Gasteiger partial charge in [0, 0.05) is 1.43 Å². The lowest BCUT2D eigenvalue weighted by Gasteiger charge is -2.03. The van der Waals surface area contributed by atoms with Crippen molar-refractivity contribution in [1.29, 1.82) is 0 Å². The summed E-state index contributed by atoms with van der Waals surface area (Å²) in [5, 5.41) is 3.30. The molecule has 0 unspecified atom stereocenters. The van der Waals surface area contributed by atoms with Crippen molar-refractivity contribution in [2.75, 3.05) is 13.1 Å². The van der Waals surface area contributed by atoms with Crippen LogP contribution in [0.25, 0.3) is 0 Å². The standard InChI is InChI=1S/C8H19N.C2H6.H2/c1-4-9-7-5-6-8(2)3;1-2;/h8-9H,4-7H2,1-3H3;1-2H3;1H. The van der Waals surface area contributed by atoms with Gasteiger partial charge >= 0.3 is 0 Å². The average molecular weight is 161 g/mol. The monoisotopic (exact) mass is 161 g/mol. The van der Waals surface area contributed by atoms with Crippen LogP contribution in [0.3, 0.4) is 0 Å². The first-order valence-electron chi connectivity index (χ1n) is 4.98. The van der Waals surface area contributed by atoms with Crippen molar-refractivity contribution in [2.45, 2.75) is 47.5 Å². The van der Waals surface area contributed by atoms with Gasteiger partial charge in [-0.25, -0.2) is 0 Å². The summed E-state index contributed by atoms with van der Waals surface area (Å²) >= 11 is 0. The Kier molecular flexibility index (Phi) is 15.5. The lowest BCUT2D eigenvalue weighted by atomic mass is 10.1. The van der Waals surface area contributed by atoms with Crippen molar-refractivity contribution in [3.63, 3.8) is 0 Å². The fourth-order valence-corrected chi connectivity index (χ4v) is 0.812. The summed E-state index contributed by atoms with van der Waals surface area (Å²) in [6, 6.07) is 0. The summed E-state index contributed by atoms with van der Waals surface area (Å²) in [5.74, 6) is 0.864. The molecule has 0 fully saturated rings. The van der Waals surface area contributed by atoms with Gasteiger partial charge in [0.2, 0.25) is 0 Å². The second kappa shape index (κ2) is 12.6. The van der Waals surface area contributed by atoms with Crippen LogP contribution < -0.4 is 5.32 Å². The maximum atomic E-state index is 3.30. The zero-order valence-corrected chi connectivity index (χ0v) is 8.91.